The topological polar surface area (TPSA) is 49.2 Å². The third kappa shape index (κ3) is 6.55. The molecule has 1 radical (unpaired) electrons. The molecule has 277 valence electrons. The van der Waals surface area contributed by atoms with E-state index in [1.165, 1.54) is 22.4 Å². The largest absolute Gasteiger partial charge is 0.458 e. The predicted octanol–water partition coefficient (Wildman–Crippen LogP) is 10.3. The van der Waals surface area contributed by atoms with Crippen molar-refractivity contribution in [3.8, 4) is 51.3 Å². The minimum Gasteiger partial charge on any atom is -0.458 e. The predicted molar refractivity (Wildman–Crippen MR) is 224 cm³/mol. The fourth-order valence-electron chi connectivity index (χ4n) is 7.87. The number of ether oxygens (including phenoxy) is 2. The number of hydrogen-bond acceptors (Lipinski definition) is 4. The van der Waals surface area contributed by atoms with Gasteiger partial charge in [0.15, 0.2) is 5.75 Å². The molecule has 0 bridgehead atoms. The number of nitrogens with zero attached hydrogens (tertiary/aromatic N) is 3. The molecule has 6 aromatic carbocycles. The zero-order chi connectivity index (χ0) is 37.6. The molecule has 5 nitrogen and oxygen atoms in total. The monoisotopic (exact) mass is 906 g/mol. The molecule has 2 aromatic heterocycles. The van der Waals surface area contributed by atoms with E-state index in [-0.39, 0.29) is 26.8 Å². The van der Waals surface area contributed by atoms with Crippen LogP contribution in [0.4, 0.5) is 0 Å². The Bertz CT molecular complexity index is 2640. The molecule has 0 N–H and O–H groups in total. The van der Waals surface area contributed by atoms with Gasteiger partial charge < -0.3 is 19.0 Å². The van der Waals surface area contributed by atoms with Crippen molar-refractivity contribution in [2.24, 2.45) is 0 Å². The van der Waals surface area contributed by atoms with Crippen LogP contribution in [0, 0.1) is 19.1 Å². The van der Waals surface area contributed by atoms with Crippen molar-refractivity contribution in [3.05, 3.63) is 168 Å². The van der Waals surface area contributed by atoms with Gasteiger partial charge >= 0.3 is 0 Å². The summed E-state index contributed by atoms with van der Waals surface area (Å²) in [5, 5.41) is 0. The first-order chi connectivity index (χ1) is 26.9. The number of aromatic nitrogens is 3. The van der Waals surface area contributed by atoms with E-state index >= 15 is 0 Å². The van der Waals surface area contributed by atoms with Crippen molar-refractivity contribution in [1.82, 2.24) is 14.5 Å². The smallest absolute Gasteiger partial charge is 0.260 e. The number of para-hydroxylation sites is 3. The van der Waals surface area contributed by atoms with E-state index in [0.29, 0.717) is 11.8 Å². The molecule has 10 rings (SSSR count). The quantitative estimate of drug-likeness (QED) is 0.128. The second-order valence-electron chi connectivity index (χ2n) is 14.8. The summed E-state index contributed by atoms with van der Waals surface area (Å²) in [7, 11) is 0. The molecule has 4 heterocycles. The Hall–Kier alpha value is -5.75. The van der Waals surface area contributed by atoms with Gasteiger partial charge in [0, 0.05) is 43.5 Å². The average Bonchev–Trinajstić information content (AvgIpc) is 3.60. The zero-order valence-corrected chi connectivity index (χ0v) is 34.4. The van der Waals surface area contributed by atoms with Crippen molar-refractivity contribution >= 4 is 34.1 Å². The van der Waals surface area contributed by atoms with E-state index in [2.05, 4.69) is 122 Å². The summed E-state index contributed by atoms with van der Waals surface area (Å²) in [4.78, 5) is 9.63. The molecular formula is C49H40BIrN3O2-2. The van der Waals surface area contributed by atoms with Gasteiger partial charge in [-0.2, -0.15) is 0 Å². The second-order valence-corrected chi connectivity index (χ2v) is 14.8. The van der Waals surface area contributed by atoms with E-state index in [9.17, 15) is 0 Å². The van der Waals surface area contributed by atoms with Gasteiger partial charge in [-0.05, 0) is 64.2 Å². The Morgan fingerprint density at radius 3 is 1.84 bits per heavy atom. The number of pyridine rings is 1. The van der Waals surface area contributed by atoms with Crippen LogP contribution in [-0.2, 0) is 20.1 Å². The molecule has 0 unspecified atom stereocenters. The summed E-state index contributed by atoms with van der Waals surface area (Å²) in [6, 6.07) is 52.1. The maximum Gasteiger partial charge on any atom is 0.260 e. The molecule has 56 heavy (non-hydrogen) atoms. The van der Waals surface area contributed by atoms with Crippen molar-refractivity contribution in [2.45, 2.75) is 46.5 Å². The molecule has 0 fully saturated rings. The van der Waals surface area contributed by atoms with Crippen LogP contribution in [0.5, 0.6) is 23.0 Å². The Balaban J connectivity index is 0.000000268. The van der Waals surface area contributed by atoms with E-state index in [4.69, 9.17) is 14.5 Å². The first kappa shape index (κ1) is 37.2. The molecule has 0 amide bonds. The number of benzene rings is 6. The standard InChI is InChI=1S/C37H30BN2O2.C12H10N.Ir/c1-22(2)25-15-12-16-26(23(3)4)34(25)40-35-29(39-37(40)24-13-6-5-7-14-24)21-32-33-36(35)42-31-20-11-9-18-28(31)38(33)27-17-8-10-19-30(27)41-32;1-10-7-8-12(13-9-10)11-5-3-2-4-6-11;/h5-13,15-23H,1-4H3;2-5,7-9H,1H3;/q2*-1;. The summed E-state index contributed by atoms with van der Waals surface area (Å²) >= 11 is 0. The van der Waals surface area contributed by atoms with Crippen LogP contribution in [-0.4, -0.2) is 21.2 Å². The van der Waals surface area contributed by atoms with Gasteiger partial charge in [-0.3, -0.25) is 4.98 Å². The Morgan fingerprint density at radius 2 is 1.25 bits per heavy atom. The molecule has 0 saturated carbocycles. The number of aryl methyl sites for hydroxylation is 1. The second kappa shape index (κ2) is 15.4. The van der Waals surface area contributed by atoms with Crippen LogP contribution in [0.25, 0.3) is 39.4 Å². The van der Waals surface area contributed by atoms with Crippen LogP contribution in [0.2, 0.25) is 0 Å². The van der Waals surface area contributed by atoms with E-state index in [1.54, 1.807) is 0 Å². The van der Waals surface area contributed by atoms with Gasteiger partial charge in [0.2, 0.25) is 0 Å². The third-order valence-corrected chi connectivity index (χ3v) is 10.5. The van der Waals surface area contributed by atoms with Crippen LogP contribution < -0.4 is 25.9 Å². The first-order valence-corrected chi connectivity index (χ1v) is 19.0. The Labute approximate surface area is 342 Å². The van der Waals surface area contributed by atoms with Crippen molar-refractivity contribution < 1.29 is 29.6 Å². The minimum atomic E-state index is -0.00528. The molecular weight excluding hydrogens is 866 g/mol. The summed E-state index contributed by atoms with van der Waals surface area (Å²) in [5.74, 6) is 4.81. The third-order valence-electron chi connectivity index (χ3n) is 10.5. The normalized spacial score (nSPS) is 12.1. The summed E-state index contributed by atoms with van der Waals surface area (Å²) in [5.41, 5.74) is 13.0. The van der Waals surface area contributed by atoms with E-state index in [0.717, 1.165) is 73.1 Å². The number of rotatable bonds is 5. The van der Waals surface area contributed by atoms with E-state index < -0.39 is 0 Å². The van der Waals surface area contributed by atoms with E-state index in [1.807, 2.05) is 73.8 Å². The Morgan fingerprint density at radius 1 is 0.643 bits per heavy atom. The van der Waals surface area contributed by atoms with Gasteiger partial charge in [0.1, 0.15) is 22.8 Å². The van der Waals surface area contributed by atoms with Gasteiger partial charge in [0.25, 0.3) is 6.71 Å². The number of imidazole rings is 1. The maximum atomic E-state index is 6.91. The van der Waals surface area contributed by atoms with Crippen LogP contribution in [0.15, 0.2) is 140 Å². The van der Waals surface area contributed by atoms with Gasteiger partial charge in [-0.25, -0.2) is 0 Å². The van der Waals surface area contributed by atoms with Crippen molar-refractivity contribution in [3.63, 3.8) is 0 Å². The van der Waals surface area contributed by atoms with Gasteiger partial charge in [0.05, 0.1) is 11.3 Å². The molecule has 2 aliphatic heterocycles. The number of fused-ring (bicyclic) bond motifs is 6. The Kier molecular flexibility index (Phi) is 10.2. The number of hydrogen-bond donors (Lipinski definition) is 0. The van der Waals surface area contributed by atoms with Crippen LogP contribution in [0.1, 0.15) is 56.2 Å². The molecule has 0 atom stereocenters. The molecule has 0 aliphatic carbocycles. The molecule has 8 aromatic rings. The average molecular weight is 906 g/mol. The summed E-state index contributed by atoms with van der Waals surface area (Å²) in [6.45, 7) is 11.1. The maximum absolute atomic E-state index is 6.91. The molecule has 2 aliphatic rings. The summed E-state index contributed by atoms with van der Waals surface area (Å²) < 4.78 is 15.8. The fraction of sp³-hybridized carbons (Fsp3) is 0.143. The van der Waals surface area contributed by atoms with Crippen molar-refractivity contribution in [1.29, 1.82) is 0 Å². The van der Waals surface area contributed by atoms with Crippen LogP contribution >= 0.6 is 0 Å². The minimum absolute atomic E-state index is 0. The SMILES string of the molecule is CC(C)c1cccc(C(C)C)c1-n1c(-c2[c-]cccc2)nc2cc3c4c(c21)Oc1ccccc1B4c1ccccc1O3.Cc1ccc(-c2[c-]cccc2)nc1.[Ir]. The fourth-order valence-corrected chi connectivity index (χ4v) is 7.87. The zero-order valence-electron chi connectivity index (χ0n) is 32.0. The molecule has 0 saturated heterocycles. The molecule has 0 spiro atoms. The van der Waals surface area contributed by atoms with Crippen molar-refractivity contribution in [2.75, 3.05) is 0 Å². The molecule has 7 heteroatoms. The van der Waals surface area contributed by atoms with Gasteiger partial charge in [-0.1, -0.05) is 94.4 Å². The van der Waals surface area contributed by atoms with Crippen LogP contribution in [0.3, 0.4) is 0 Å². The van der Waals surface area contributed by atoms with Gasteiger partial charge in [-0.15, -0.1) is 71.8 Å². The summed E-state index contributed by atoms with van der Waals surface area (Å²) in [6.07, 6.45) is 1.87. The first-order valence-electron chi connectivity index (χ1n) is 19.0.